The Balaban J connectivity index is 2.01. The van der Waals surface area contributed by atoms with Gasteiger partial charge in [-0.25, -0.2) is 0 Å². The van der Waals surface area contributed by atoms with Gasteiger partial charge in [0.1, 0.15) is 17.0 Å². The van der Waals surface area contributed by atoms with Gasteiger partial charge >= 0.3 is 0 Å². The van der Waals surface area contributed by atoms with Crippen LogP contribution in [0.2, 0.25) is 0 Å². The Hall–Kier alpha value is -2.16. The third-order valence-corrected chi connectivity index (χ3v) is 3.93. The number of anilines is 2. The quantitative estimate of drug-likeness (QED) is 0.852. The predicted molar refractivity (Wildman–Crippen MR) is 87.8 cm³/mol. The van der Waals surface area contributed by atoms with Crippen LogP contribution in [0.1, 0.15) is 25.0 Å². The number of aryl methyl sites for hydroxylation is 1. The van der Waals surface area contributed by atoms with Crippen molar-refractivity contribution < 1.29 is 4.74 Å². The van der Waals surface area contributed by atoms with E-state index in [9.17, 15) is 0 Å². The maximum atomic E-state index is 6.19. The van der Waals surface area contributed by atoms with Gasteiger partial charge in [0, 0.05) is 6.54 Å². The number of hydrogen-bond donors (Lipinski definition) is 1. The molecule has 3 rings (SSSR count). The molecule has 0 fully saturated rings. The average molecular weight is 282 g/mol. The Labute approximate surface area is 126 Å². The van der Waals surface area contributed by atoms with Crippen molar-refractivity contribution in [1.29, 1.82) is 0 Å². The zero-order valence-corrected chi connectivity index (χ0v) is 12.9. The maximum Gasteiger partial charge on any atom is 0.145 e. The number of rotatable bonds is 2. The van der Waals surface area contributed by atoms with Crippen LogP contribution in [0.25, 0.3) is 0 Å². The van der Waals surface area contributed by atoms with Crippen molar-refractivity contribution in [2.24, 2.45) is 0 Å². The normalized spacial score (nSPS) is 16.2. The molecule has 2 aromatic carbocycles. The molecule has 0 aromatic heterocycles. The first-order valence-corrected chi connectivity index (χ1v) is 7.33. The van der Waals surface area contributed by atoms with Gasteiger partial charge in [0.05, 0.1) is 12.2 Å². The van der Waals surface area contributed by atoms with Gasteiger partial charge in [-0.15, -0.1) is 0 Å². The molecule has 0 saturated carbocycles. The zero-order chi connectivity index (χ0) is 15.0. The highest BCUT2D eigenvalue weighted by Crippen LogP contribution is 2.41. The molecule has 0 radical (unpaired) electrons. The van der Waals surface area contributed by atoms with E-state index < -0.39 is 0 Å². The van der Waals surface area contributed by atoms with Crippen molar-refractivity contribution in [2.75, 3.05) is 17.2 Å². The van der Waals surface area contributed by atoms with Gasteiger partial charge in [0.15, 0.2) is 0 Å². The summed E-state index contributed by atoms with van der Waals surface area (Å²) < 4.78 is 6.08. The lowest BCUT2D eigenvalue weighted by molar-refractivity contribution is 0.105. The summed E-state index contributed by atoms with van der Waals surface area (Å²) >= 11 is 0. The number of ether oxygens (including phenoxy) is 1. The number of benzene rings is 2. The summed E-state index contributed by atoms with van der Waals surface area (Å²) in [5.74, 6) is 0.875. The molecule has 0 aliphatic carbocycles. The summed E-state index contributed by atoms with van der Waals surface area (Å²) in [5, 5.41) is 0. The second-order valence-electron chi connectivity index (χ2n) is 6.34. The summed E-state index contributed by atoms with van der Waals surface area (Å²) in [4.78, 5) is 2.33. The Kier molecular flexibility index (Phi) is 3.28. The van der Waals surface area contributed by atoms with Crippen LogP contribution in [0.4, 0.5) is 11.4 Å². The molecule has 3 nitrogen and oxygen atoms in total. The molecule has 2 aromatic rings. The Morgan fingerprint density at radius 2 is 1.90 bits per heavy atom. The van der Waals surface area contributed by atoms with Gasteiger partial charge in [-0.2, -0.15) is 0 Å². The monoisotopic (exact) mass is 282 g/mol. The van der Waals surface area contributed by atoms with Crippen molar-refractivity contribution in [3.05, 3.63) is 53.6 Å². The van der Waals surface area contributed by atoms with E-state index in [0.717, 1.165) is 30.2 Å². The Morgan fingerprint density at radius 3 is 2.67 bits per heavy atom. The van der Waals surface area contributed by atoms with E-state index in [-0.39, 0.29) is 5.60 Å². The molecular formula is C18H22N2O. The fourth-order valence-electron chi connectivity index (χ4n) is 2.96. The molecular weight excluding hydrogens is 260 g/mol. The highest BCUT2D eigenvalue weighted by atomic mass is 16.5. The summed E-state index contributed by atoms with van der Waals surface area (Å²) in [6.07, 6.45) is 0. The third-order valence-electron chi connectivity index (χ3n) is 3.93. The van der Waals surface area contributed by atoms with Gasteiger partial charge in [0.25, 0.3) is 0 Å². The molecule has 110 valence electrons. The van der Waals surface area contributed by atoms with Crippen molar-refractivity contribution >= 4 is 11.4 Å². The molecule has 0 saturated heterocycles. The van der Waals surface area contributed by atoms with Crippen LogP contribution in [0.5, 0.6) is 5.75 Å². The molecule has 1 aliphatic heterocycles. The van der Waals surface area contributed by atoms with E-state index in [1.165, 1.54) is 11.1 Å². The molecule has 2 N–H and O–H groups in total. The fraction of sp³-hybridized carbons (Fsp3) is 0.333. The van der Waals surface area contributed by atoms with Crippen LogP contribution < -0.4 is 15.4 Å². The van der Waals surface area contributed by atoms with E-state index in [4.69, 9.17) is 10.5 Å². The van der Waals surface area contributed by atoms with Crippen LogP contribution in [0.15, 0.2) is 42.5 Å². The molecule has 0 bridgehead atoms. The molecule has 21 heavy (non-hydrogen) atoms. The van der Waals surface area contributed by atoms with Crippen LogP contribution in [0.3, 0.4) is 0 Å². The van der Waals surface area contributed by atoms with Gasteiger partial charge in [-0.1, -0.05) is 30.3 Å². The zero-order valence-electron chi connectivity index (χ0n) is 12.9. The summed E-state index contributed by atoms with van der Waals surface area (Å²) in [6.45, 7) is 8.05. The topological polar surface area (TPSA) is 38.5 Å². The first kappa shape index (κ1) is 13.8. The highest BCUT2D eigenvalue weighted by molar-refractivity contribution is 5.76. The third kappa shape index (κ3) is 2.68. The first-order valence-electron chi connectivity index (χ1n) is 7.33. The molecule has 0 spiro atoms. The average Bonchev–Trinajstić information content (AvgIpc) is 2.40. The minimum Gasteiger partial charge on any atom is -0.484 e. The summed E-state index contributed by atoms with van der Waals surface area (Å²) in [7, 11) is 0. The smallest absolute Gasteiger partial charge is 0.145 e. The standard InChI is InChI=1S/C18H22N2O/c1-13-7-4-5-8-14(13)11-20-12-18(2,3)21-16-10-6-9-15(19)17(16)20/h4-10H,11-12,19H2,1-3H3. The lowest BCUT2D eigenvalue weighted by Gasteiger charge is -2.41. The van der Waals surface area contributed by atoms with Crippen molar-refractivity contribution in [1.82, 2.24) is 0 Å². The van der Waals surface area contributed by atoms with E-state index in [1.54, 1.807) is 0 Å². The Morgan fingerprint density at radius 1 is 1.14 bits per heavy atom. The SMILES string of the molecule is Cc1ccccc1CN1CC(C)(C)Oc2cccc(N)c21. The van der Waals surface area contributed by atoms with Gasteiger partial charge < -0.3 is 15.4 Å². The number of hydrogen-bond acceptors (Lipinski definition) is 3. The lowest BCUT2D eigenvalue weighted by atomic mass is 10.0. The lowest BCUT2D eigenvalue weighted by Crippen LogP contribution is -2.46. The number of fused-ring (bicyclic) bond motifs is 1. The van der Waals surface area contributed by atoms with Crippen LogP contribution in [0, 0.1) is 6.92 Å². The molecule has 0 atom stereocenters. The second kappa shape index (κ2) is 4.99. The fourth-order valence-corrected chi connectivity index (χ4v) is 2.96. The van der Waals surface area contributed by atoms with E-state index in [0.29, 0.717) is 0 Å². The van der Waals surface area contributed by atoms with Crippen LogP contribution >= 0.6 is 0 Å². The van der Waals surface area contributed by atoms with Crippen molar-refractivity contribution in [3.63, 3.8) is 0 Å². The van der Waals surface area contributed by atoms with E-state index in [1.807, 2.05) is 18.2 Å². The van der Waals surface area contributed by atoms with Gasteiger partial charge in [-0.05, 0) is 44.0 Å². The number of nitrogens with zero attached hydrogens (tertiary/aromatic N) is 1. The number of para-hydroxylation sites is 1. The van der Waals surface area contributed by atoms with Crippen molar-refractivity contribution in [2.45, 2.75) is 32.9 Å². The van der Waals surface area contributed by atoms with Gasteiger partial charge in [-0.3, -0.25) is 0 Å². The summed E-state index contributed by atoms with van der Waals surface area (Å²) in [6, 6.07) is 14.4. The first-order chi connectivity index (χ1) is 9.96. The van der Waals surface area contributed by atoms with E-state index >= 15 is 0 Å². The highest BCUT2D eigenvalue weighted by Gasteiger charge is 2.32. The summed E-state index contributed by atoms with van der Waals surface area (Å²) in [5.41, 5.74) is 10.4. The van der Waals surface area contributed by atoms with Crippen molar-refractivity contribution in [3.8, 4) is 5.75 Å². The predicted octanol–water partition coefficient (Wildman–Crippen LogP) is 3.75. The van der Waals surface area contributed by atoms with Crippen LogP contribution in [-0.2, 0) is 6.54 Å². The van der Waals surface area contributed by atoms with Crippen LogP contribution in [-0.4, -0.2) is 12.1 Å². The number of nitrogen functional groups attached to an aromatic ring is 1. The maximum absolute atomic E-state index is 6.19. The van der Waals surface area contributed by atoms with Gasteiger partial charge in [0.2, 0.25) is 0 Å². The number of nitrogens with two attached hydrogens (primary N) is 1. The molecule has 1 aliphatic rings. The Bertz CT molecular complexity index is 664. The minimum absolute atomic E-state index is 0.219. The molecule has 1 heterocycles. The molecule has 3 heteroatoms. The minimum atomic E-state index is -0.219. The second-order valence-corrected chi connectivity index (χ2v) is 6.34. The molecule has 0 amide bonds. The molecule has 0 unspecified atom stereocenters. The largest absolute Gasteiger partial charge is 0.484 e. The van der Waals surface area contributed by atoms with E-state index in [2.05, 4.69) is 49.9 Å².